The van der Waals surface area contributed by atoms with E-state index in [2.05, 4.69) is 5.32 Å². The zero-order chi connectivity index (χ0) is 11.6. The number of hydrogen-bond acceptors (Lipinski definition) is 3. The molecule has 5 heteroatoms. The summed E-state index contributed by atoms with van der Waals surface area (Å²) < 4.78 is 22.7. The SMILES string of the molecule is CS(=O)(=O)C1(CNC(=O)C23CC2C3)CCC1. The molecule has 3 saturated carbocycles. The van der Waals surface area contributed by atoms with Crippen molar-refractivity contribution in [2.75, 3.05) is 12.8 Å². The Bertz CT molecular complexity index is 444. The van der Waals surface area contributed by atoms with Crippen molar-refractivity contribution in [1.29, 1.82) is 0 Å². The summed E-state index contributed by atoms with van der Waals surface area (Å²) in [7, 11) is -3.05. The van der Waals surface area contributed by atoms with Crippen LogP contribution >= 0.6 is 0 Å². The normalized spacial score (nSPS) is 38.2. The Hall–Kier alpha value is -0.580. The van der Waals surface area contributed by atoms with Gasteiger partial charge in [0, 0.05) is 12.8 Å². The van der Waals surface area contributed by atoms with Crippen LogP contribution in [0.25, 0.3) is 0 Å². The summed E-state index contributed by atoms with van der Waals surface area (Å²) in [5, 5.41) is 2.86. The molecule has 3 fully saturated rings. The van der Waals surface area contributed by atoms with Crippen molar-refractivity contribution in [1.82, 2.24) is 5.32 Å². The Morgan fingerprint density at radius 1 is 1.38 bits per heavy atom. The molecule has 1 amide bonds. The Kier molecular flexibility index (Phi) is 1.85. The van der Waals surface area contributed by atoms with Gasteiger partial charge in [0.1, 0.15) is 0 Å². The largest absolute Gasteiger partial charge is 0.354 e. The predicted octanol–water partition coefficient (Wildman–Crippen LogP) is 0.480. The molecular weight excluding hydrogens is 226 g/mol. The highest BCUT2D eigenvalue weighted by Crippen LogP contribution is 2.75. The highest BCUT2D eigenvalue weighted by Gasteiger charge is 2.74. The fourth-order valence-corrected chi connectivity index (χ4v) is 4.10. The average molecular weight is 243 g/mol. The van der Waals surface area contributed by atoms with Crippen molar-refractivity contribution in [2.45, 2.75) is 36.9 Å². The standard InChI is InChI=1S/C11H17NO3S/c1-16(14,15)10(3-2-4-10)7-12-9(13)11-5-8(11)6-11/h8H,2-7H2,1H3,(H,12,13). The number of nitrogens with one attached hydrogen (secondary N) is 1. The minimum atomic E-state index is -3.05. The minimum Gasteiger partial charge on any atom is -0.354 e. The molecule has 3 rings (SSSR count). The molecule has 0 unspecified atom stereocenters. The molecule has 0 heterocycles. The first-order valence-electron chi connectivity index (χ1n) is 5.88. The fourth-order valence-electron chi connectivity index (χ4n) is 2.74. The van der Waals surface area contributed by atoms with Gasteiger partial charge in [-0.3, -0.25) is 4.79 Å². The Labute approximate surface area is 95.7 Å². The van der Waals surface area contributed by atoms with Gasteiger partial charge in [0.15, 0.2) is 9.84 Å². The van der Waals surface area contributed by atoms with Crippen molar-refractivity contribution in [3.63, 3.8) is 0 Å². The van der Waals surface area contributed by atoms with E-state index in [0.29, 0.717) is 25.3 Å². The van der Waals surface area contributed by atoms with Crippen LogP contribution < -0.4 is 5.32 Å². The van der Waals surface area contributed by atoms with Gasteiger partial charge in [-0.2, -0.15) is 0 Å². The molecule has 90 valence electrons. The van der Waals surface area contributed by atoms with E-state index in [1.54, 1.807) is 0 Å². The van der Waals surface area contributed by atoms with Crippen LogP contribution in [0.3, 0.4) is 0 Å². The lowest BCUT2D eigenvalue weighted by atomic mass is 9.84. The number of fused-ring (bicyclic) bond motifs is 1. The lowest BCUT2D eigenvalue weighted by Gasteiger charge is -2.40. The van der Waals surface area contributed by atoms with E-state index in [1.165, 1.54) is 6.26 Å². The zero-order valence-electron chi connectivity index (χ0n) is 9.45. The maximum Gasteiger partial charge on any atom is 0.226 e. The van der Waals surface area contributed by atoms with Crippen LogP contribution in [0.5, 0.6) is 0 Å². The van der Waals surface area contributed by atoms with Gasteiger partial charge in [-0.05, 0) is 31.6 Å². The summed E-state index contributed by atoms with van der Waals surface area (Å²) in [6.07, 6.45) is 5.67. The van der Waals surface area contributed by atoms with Gasteiger partial charge in [-0.15, -0.1) is 0 Å². The van der Waals surface area contributed by atoms with Crippen molar-refractivity contribution >= 4 is 15.7 Å². The molecule has 0 spiro atoms. The van der Waals surface area contributed by atoms with Gasteiger partial charge >= 0.3 is 0 Å². The first-order chi connectivity index (χ1) is 7.40. The molecule has 0 aliphatic heterocycles. The van der Waals surface area contributed by atoms with E-state index < -0.39 is 14.6 Å². The van der Waals surface area contributed by atoms with Crippen LogP contribution in [0, 0.1) is 11.3 Å². The van der Waals surface area contributed by atoms with Crippen molar-refractivity contribution in [3.8, 4) is 0 Å². The number of hydrogen-bond donors (Lipinski definition) is 1. The molecule has 0 saturated heterocycles. The molecule has 0 bridgehead atoms. The minimum absolute atomic E-state index is 0.0531. The van der Waals surface area contributed by atoms with Crippen LogP contribution in [0.1, 0.15) is 32.1 Å². The van der Waals surface area contributed by atoms with E-state index >= 15 is 0 Å². The third kappa shape index (κ3) is 1.27. The third-order valence-corrected chi connectivity index (χ3v) is 6.88. The van der Waals surface area contributed by atoms with Crippen LogP contribution in [0.2, 0.25) is 0 Å². The van der Waals surface area contributed by atoms with Gasteiger partial charge in [0.05, 0.1) is 10.2 Å². The van der Waals surface area contributed by atoms with E-state index in [9.17, 15) is 13.2 Å². The van der Waals surface area contributed by atoms with Crippen LogP contribution in [-0.2, 0) is 14.6 Å². The number of carbonyl (C=O) groups excluding carboxylic acids is 1. The van der Waals surface area contributed by atoms with E-state index in [-0.39, 0.29) is 11.3 Å². The van der Waals surface area contributed by atoms with Gasteiger partial charge in [0.2, 0.25) is 5.91 Å². The quantitative estimate of drug-likeness (QED) is 0.781. The summed E-state index contributed by atoms with van der Waals surface area (Å²) in [5.41, 5.74) is -0.0531. The second kappa shape index (κ2) is 2.81. The van der Waals surface area contributed by atoms with E-state index in [1.807, 2.05) is 0 Å². The average Bonchev–Trinajstić information content (AvgIpc) is 2.83. The first-order valence-corrected chi connectivity index (χ1v) is 7.77. The Morgan fingerprint density at radius 3 is 2.25 bits per heavy atom. The lowest BCUT2D eigenvalue weighted by molar-refractivity contribution is -0.124. The molecule has 4 nitrogen and oxygen atoms in total. The highest BCUT2D eigenvalue weighted by molar-refractivity contribution is 7.92. The Balaban J connectivity index is 1.63. The highest BCUT2D eigenvalue weighted by atomic mass is 32.2. The molecule has 3 aliphatic rings. The number of amides is 1. The van der Waals surface area contributed by atoms with Gasteiger partial charge in [0.25, 0.3) is 0 Å². The number of carbonyl (C=O) groups is 1. The van der Waals surface area contributed by atoms with Crippen molar-refractivity contribution in [2.24, 2.45) is 11.3 Å². The van der Waals surface area contributed by atoms with Gasteiger partial charge in [-0.1, -0.05) is 6.42 Å². The van der Waals surface area contributed by atoms with E-state index in [0.717, 1.165) is 19.3 Å². The summed E-state index contributed by atoms with van der Waals surface area (Å²) >= 11 is 0. The second-order valence-corrected chi connectivity index (χ2v) is 8.16. The summed E-state index contributed by atoms with van der Waals surface area (Å²) in [6.45, 7) is 0.319. The molecule has 0 aromatic carbocycles. The topological polar surface area (TPSA) is 63.2 Å². The van der Waals surface area contributed by atoms with Crippen molar-refractivity contribution in [3.05, 3.63) is 0 Å². The molecule has 0 aromatic rings. The summed E-state index contributed by atoms with van der Waals surface area (Å²) in [5.74, 6) is 0.704. The molecule has 3 aliphatic carbocycles. The van der Waals surface area contributed by atoms with Gasteiger partial charge in [-0.25, -0.2) is 8.42 Å². The number of sulfone groups is 1. The molecule has 0 radical (unpaired) electrons. The number of rotatable bonds is 4. The monoisotopic (exact) mass is 243 g/mol. The van der Waals surface area contributed by atoms with Crippen LogP contribution in [0.15, 0.2) is 0 Å². The predicted molar refractivity (Wildman–Crippen MR) is 59.6 cm³/mol. The summed E-state index contributed by atoms with van der Waals surface area (Å²) in [6, 6.07) is 0. The molecular formula is C11H17NO3S. The van der Waals surface area contributed by atoms with Crippen molar-refractivity contribution < 1.29 is 13.2 Å². The molecule has 1 N–H and O–H groups in total. The smallest absolute Gasteiger partial charge is 0.226 e. The third-order valence-electron chi connectivity index (χ3n) is 4.76. The molecule has 16 heavy (non-hydrogen) atoms. The zero-order valence-corrected chi connectivity index (χ0v) is 10.3. The van der Waals surface area contributed by atoms with Crippen LogP contribution in [-0.4, -0.2) is 31.9 Å². The summed E-state index contributed by atoms with van der Waals surface area (Å²) in [4.78, 5) is 11.8. The van der Waals surface area contributed by atoms with Crippen LogP contribution in [0.4, 0.5) is 0 Å². The molecule has 0 atom stereocenters. The fraction of sp³-hybridized carbons (Fsp3) is 0.909. The maximum absolute atomic E-state index is 11.8. The second-order valence-electron chi connectivity index (χ2n) is 5.75. The molecule has 0 aromatic heterocycles. The maximum atomic E-state index is 11.8. The first kappa shape index (κ1) is 10.6. The van der Waals surface area contributed by atoms with Gasteiger partial charge < -0.3 is 5.32 Å². The van der Waals surface area contributed by atoms with E-state index in [4.69, 9.17) is 0 Å². The Morgan fingerprint density at radius 2 is 1.94 bits per heavy atom. The lowest BCUT2D eigenvalue weighted by Crippen LogP contribution is -2.53.